The number of aryl methyl sites for hydroxylation is 1. The van der Waals surface area contributed by atoms with Gasteiger partial charge in [0.2, 0.25) is 0 Å². The van der Waals surface area contributed by atoms with Gasteiger partial charge < -0.3 is 9.72 Å². The highest BCUT2D eigenvalue weighted by Crippen LogP contribution is 2.42. The zero-order valence-electron chi connectivity index (χ0n) is 20.8. The molecule has 0 atom stereocenters. The van der Waals surface area contributed by atoms with Crippen LogP contribution in [0.1, 0.15) is 80.2 Å². The summed E-state index contributed by atoms with van der Waals surface area (Å²) in [5.41, 5.74) is 9.49. The molecule has 0 radical (unpaired) electrons. The van der Waals surface area contributed by atoms with Gasteiger partial charge >= 0.3 is 0 Å². The fraction of sp³-hybridized carbons (Fsp3) is 0.536. The van der Waals surface area contributed by atoms with E-state index in [0.717, 1.165) is 36.2 Å². The summed E-state index contributed by atoms with van der Waals surface area (Å²) in [5, 5.41) is 5.73. The average Bonchev–Trinajstić information content (AvgIpc) is 3.43. The number of nitrogens with one attached hydrogen (secondary N) is 1. The number of ether oxygens (including phenoxy) is 1. The largest absolute Gasteiger partial charge is 0.381 e. The molecule has 0 unspecified atom stereocenters. The van der Waals surface area contributed by atoms with Gasteiger partial charge in [0.25, 0.3) is 0 Å². The molecular formula is C28H35N5O. The Hall–Kier alpha value is -2.73. The molecule has 5 heterocycles. The maximum absolute atomic E-state index is 5.38. The van der Waals surface area contributed by atoms with Gasteiger partial charge in [0.05, 0.1) is 30.6 Å². The van der Waals surface area contributed by atoms with Gasteiger partial charge in [-0.3, -0.25) is 4.98 Å². The molecule has 6 heteroatoms. The first-order chi connectivity index (χ1) is 16.5. The quantitative estimate of drug-likeness (QED) is 0.381. The van der Waals surface area contributed by atoms with Gasteiger partial charge in [-0.2, -0.15) is 5.10 Å². The van der Waals surface area contributed by atoms with Crippen molar-refractivity contribution in [3.63, 3.8) is 0 Å². The lowest BCUT2D eigenvalue weighted by atomic mass is 9.76. The number of rotatable bonds is 5. The third-order valence-corrected chi connectivity index (χ3v) is 8.36. The van der Waals surface area contributed by atoms with Crippen molar-refractivity contribution in [2.75, 3.05) is 13.2 Å². The molecule has 0 amide bonds. The number of nitrogens with zero attached hydrogens (tertiary/aromatic N) is 4. The molecule has 1 aliphatic heterocycles. The second kappa shape index (κ2) is 8.49. The van der Waals surface area contributed by atoms with Crippen LogP contribution >= 0.6 is 0 Å². The summed E-state index contributed by atoms with van der Waals surface area (Å²) in [6.07, 6.45) is 12.3. The molecule has 2 fully saturated rings. The van der Waals surface area contributed by atoms with Gasteiger partial charge in [-0.1, -0.05) is 13.8 Å². The summed E-state index contributed by atoms with van der Waals surface area (Å²) < 4.78 is 7.28. The zero-order chi connectivity index (χ0) is 23.4. The van der Waals surface area contributed by atoms with Crippen molar-refractivity contribution in [2.24, 2.45) is 11.8 Å². The van der Waals surface area contributed by atoms with Gasteiger partial charge in [0.1, 0.15) is 6.33 Å². The second-order valence-electron chi connectivity index (χ2n) is 10.9. The van der Waals surface area contributed by atoms with Crippen LogP contribution in [-0.4, -0.2) is 37.8 Å². The number of aromatic amines is 1. The normalized spacial score (nSPS) is 21.6. The minimum absolute atomic E-state index is 0.394. The van der Waals surface area contributed by atoms with Gasteiger partial charge in [-0.15, -0.1) is 0 Å². The smallest absolute Gasteiger partial charge is 0.158 e. The van der Waals surface area contributed by atoms with E-state index in [1.165, 1.54) is 71.1 Å². The molecule has 4 aromatic rings. The minimum Gasteiger partial charge on any atom is -0.381 e. The molecule has 1 aliphatic carbocycles. The third-order valence-electron chi connectivity index (χ3n) is 8.36. The first-order valence-electron chi connectivity index (χ1n) is 12.9. The first kappa shape index (κ1) is 21.8. The van der Waals surface area contributed by atoms with Crippen LogP contribution in [0.3, 0.4) is 0 Å². The van der Waals surface area contributed by atoms with Crippen LogP contribution in [0, 0.1) is 25.7 Å². The molecular weight excluding hydrogens is 422 g/mol. The van der Waals surface area contributed by atoms with E-state index in [1.807, 2.05) is 4.52 Å². The van der Waals surface area contributed by atoms with E-state index in [0.29, 0.717) is 11.8 Å². The maximum atomic E-state index is 5.38. The Morgan fingerprint density at radius 2 is 1.85 bits per heavy atom. The van der Waals surface area contributed by atoms with E-state index in [9.17, 15) is 0 Å². The second-order valence-corrected chi connectivity index (χ2v) is 10.9. The van der Waals surface area contributed by atoms with Crippen LogP contribution in [0.25, 0.3) is 27.8 Å². The van der Waals surface area contributed by atoms with E-state index in [-0.39, 0.29) is 0 Å². The monoisotopic (exact) mass is 457 g/mol. The Morgan fingerprint density at radius 1 is 1.06 bits per heavy atom. The molecule has 34 heavy (non-hydrogen) atoms. The van der Waals surface area contributed by atoms with Crippen molar-refractivity contribution in [3.05, 3.63) is 47.2 Å². The Labute approximate surface area is 201 Å². The van der Waals surface area contributed by atoms with E-state index in [2.05, 4.69) is 61.2 Å². The van der Waals surface area contributed by atoms with E-state index >= 15 is 0 Å². The number of pyridine rings is 2. The van der Waals surface area contributed by atoms with Crippen LogP contribution in [0.5, 0.6) is 0 Å². The summed E-state index contributed by atoms with van der Waals surface area (Å²) in [6.45, 7) is 10.9. The predicted octanol–water partition coefficient (Wildman–Crippen LogP) is 6.32. The van der Waals surface area contributed by atoms with E-state index < -0.39 is 0 Å². The summed E-state index contributed by atoms with van der Waals surface area (Å²) in [5.74, 6) is 2.65. The molecule has 0 bridgehead atoms. The Balaban J connectivity index is 1.35. The molecule has 2 aliphatic rings. The lowest BCUT2D eigenvalue weighted by Gasteiger charge is -2.34. The van der Waals surface area contributed by atoms with Crippen molar-refractivity contribution in [2.45, 2.75) is 71.6 Å². The van der Waals surface area contributed by atoms with Gasteiger partial charge in [0, 0.05) is 34.7 Å². The number of fused-ring (bicyclic) bond motifs is 2. The highest BCUT2D eigenvalue weighted by Gasteiger charge is 2.29. The summed E-state index contributed by atoms with van der Waals surface area (Å²) in [7, 11) is 0. The molecule has 0 aromatic carbocycles. The molecule has 1 saturated carbocycles. The van der Waals surface area contributed by atoms with Gasteiger partial charge in [-0.25, -0.2) is 9.50 Å². The Kier molecular flexibility index (Phi) is 5.44. The maximum Gasteiger partial charge on any atom is 0.158 e. The molecule has 0 spiro atoms. The van der Waals surface area contributed by atoms with Crippen LogP contribution in [0.15, 0.2) is 24.8 Å². The van der Waals surface area contributed by atoms with Crippen molar-refractivity contribution in [3.8, 4) is 11.3 Å². The topological polar surface area (TPSA) is 68.1 Å². The SMILES string of the molecule is Cc1c(-c2[nH]c3cnc(C4CCC(CC5COC5)CC4)cc3c2C(C)C)cn2ncnc2c1C. The zero-order valence-corrected chi connectivity index (χ0v) is 20.8. The highest BCUT2D eigenvalue weighted by atomic mass is 16.5. The average molecular weight is 458 g/mol. The van der Waals surface area contributed by atoms with Gasteiger partial charge in [0.15, 0.2) is 5.65 Å². The first-order valence-corrected chi connectivity index (χ1v) is 12.9. The molecule has 6 nitrogen and oxygen atoms in total. The molecule has 1 N–H and O–H groups in total. The number of H-pyrrole nitrogens is 1. The fourth-order valence-electron chi connectivity index (χ4n) is 6.21. The van der Waals surface area contributed by atoms with E-state index in [1.54, 1.807) is 6.33 Å². The minimum atomic E-state index is 0.394. The van der Waals surface area contributed by atoms with Crippen LogP contribution in [0.2, 0.25) is 0 Å². The van der Waals surface area contributed by atoms with Crippen molar-refractivity contribution < 1.29 is 4.74 Å². The summed E-state index contributed by atoms with van der Waals surface area (Å²) >= 11 is 0. The third kappa shape index (κ3) is 3.63. The standard InChI is InChI=1S/C28H35N5O/c1-16(2)26-22-10-24(21-7-5-19(6-8-21)9-20-13-34-14-20)29-11-25(22)32-27(26)23-12-33-28(30-15-31-33)18(4)17(23)3/h10-12,15-16,19-21,32H,5-9,13-14H2,1-4H3. The van der Waals surface area contributed by atoms with Gasteiger partial charge in [-0.05, 0) is 80.5 Å². The predicted molar refractivity (Wildman–Crippen MR) is 135 cm³/mol. The molecule has 4 aromatic heterocycles. The highest BCUT2D eigenvalue weighted by molar-refractivity contribution is 5.92. The van der Waals surface area contributed by atoms with Crippen LogP contribution in [0.4, 0.5) is 0 Å². The van der Waals surface area contributed by atoms with Crippen molar-refractivity contribution in [1.29, 1.82) is 0 Å². The number of aromatic nitrogens is 5. The van der Waals surface area contributed by atoms with E-state index in [4.69, 9.17) is 9.72 Å². The Bertz CT molecular complexity index is 1340. The summed E-state index contributed by atoms with van der Waals surface area (Å²) in [4.78, 5) is 13.1. The lowest BCUT2D eigenvalue weighted by Crippen LogP contribution is -2.30. The summed E-state index contributed by atoms with van der Waals surface area (Å²) in [6, 6.07) is 2.38. The van der Waals surface area contributed by atoms with Crippen LogP contribution < -0.4 is 0 Å². The number of hydrogen-bond acceptors (Lipinski definition) is 4. The van der Waals surface area contributed by atoms with Crippen molar-refractivity contribution >= 4 is 16.6 Å². The Morgan fingerprint density at radius 3 is 2.56 bits per heavy atom. The molecule has 178 valence electrons. The fourth-order valence-corrected chi connectivity index (χ4v) is 6.21. The lowest BCUT2D eigenvalue weighted by molar-refractivity contribution is -0.0448. The van der Waals surface area contributed by atoms with Crippen LogP contribution in [-0.2, 0) is 4.74 Å². The molecule has 1 saturated heterocycles. The van der Waals surface area contributed by atoms with Crippen molar-refractivity contribution in [1.82, 2.24) is 24.6 Å². The number of hydrogen-bond donors (Lipinski definition) is 1. The molecule has 6 rings (SSSR count).